The molecule has 0 radical (unpaired) electrons. The highest BCUT2D eigenvalue weighted by Crippen LogP contribution is 2.45. The van der Waals surface area contributed by atoms with E-state index in [-0.39, 0.29) is 11.3 Å². The van der Waals surface area contributed by atoms with Crippen LogP contribution in [0.2, 0.25) is 0 Å². The lowest BCUT2D eigenvalue weighted by Crippen LogP contribution is -2.29. The van der Waals surface area contributed by atoms with Gasteiger partial charge in [-0.1, -0.05) is 41.7 Å². The first-order valence-corrected chi connectivity index (χ1v) is 12.1. The Bertz CT molecular complexity index is 1540. The second-order valence-electron chi connectivity index (χ2n) is 8.27. The second-order valence-corrected chi connectivity index (χ2v) is 9.28. The Kier molecular flexibility index (Phi) is 5.34. The second kappa shape index (κ2) is 8.69. The third kappa shape index (κ3) is 3.56. The van der Waals surface area contributed by atoms with Crippen molar-refractivity contribution in [3.8, 4) is 17.2 Å². The standard InChI is InChI=1S/C27H20N2O6S/c1-33-17-8-9-18-21(14-17)36-27(28-18)29-23(15-5-3-2-4-6-15)22(25(31)26(29)32)24(30)16-7-10-19-20(13-16)35-12-11-34-19/h2-10,13-14,23,30H,11-12H2,1H3/t23-/m1/s1. The molecule has 4 aromatic rings. The number of aliphatic hydroxyl groups excluding tert-OH is 1. The molecule has 1 amide bonds. The Morgan fingerprint density at radius 3 is 2.58 bits per heavy atom. The number of ketones is 1. The van der Waals surface area contributed by atoms with Gasteiger partial charge in [-0.05, 0) is 42.0 Å². The van der Waals surface area contributed by atoms with Crippen molar-refractivity contribution >= 4 is 44.1 Å². The van der Waals surface area contributed by atoms with Gasteiger partial charge in [0.1, 0.15) is 24.7 Å². The molecule has 1 fully saturated rings. The summed E-state index contributed by atoms with van der Waals surface area (Å²) in [7, 11) is 1.58. The molecular formula is C27H20N2O6S. The molecule has 0 aliphatic carbocycles. The lowest BCUT2D eigenvalue weighted by Gasteiger charge is -2.23. The Balaban J connectivity index is 1.52. The largest absolute Gasteiger partial charge is 0.507 e. The maximum atomic E-state index is 13.4. The van der Waals surface area contributed by atoms with E-state index in [9.17, 15) is 14.7 Å². The normalized spacial score (nSPS) is 18.6. The summed E-state index contributed by atoms with van der Waals surface area (Å²) in [6.07, 6.45) is 0. The molecule has 8 nitrogen and oxygen atoms in total. The Hall–Kier alpha value is -4.37. The number of methoxy groups -OCH3 is 1. The molecule has 2 aliphatic rings. The fourth-order valence-corrected chi connectivity index (χ4v) is 5.47. The van der Waals surface area contributed by atoms with Gasteiger partial charge >= 0.3 is 5.91 Å². The lowest BCUT2D eigenvalue weighted by atomic mass is 9.95. The number of nitrogens with zero attached hydrogens (tertiary/aromatic N) is 2. The maximum Gasteiger partial charge on any atom is 0.301 e. The number of ether oxygens (including phenoxy) is 3. The van der Waals surface area contributed by atoms with Crippen LogP contribution in [-0.4, -0.2) is 42.1 Å². The van der Waals surface area contributed by atoms with E-state index >= 15 is 0 Å². The zero-order valence-corrected chi connectivity index (χ0v) is 20.0. The van der Waals surface area contributed by atoms with Crippen LogP contribution in [-0.2, 0) is 9.59 Å². The number of fused-ring (bicyclic) bond motifs is 2. The monoisotopic (exact) mass is 500 g/mol. The van der Waals surface area contributed by atoms with E-state index in [4.69, 9.17) is 14.2 Å². The van der Waals surface area contributed by atoms with Crippen LogP contribution in [0.1, 0.15) is 17.2 Å². The average molecular weight is 501 g/mol. The number of carbonyl (C=O) groups excluding carboxylic acids is 2. The molecule has 36 heavy (non-hydrogen) atoms. The summed E-state index contributed by atoms with van der Waals surface area (Å²) in [5.74, 6) is -0.136. The van der Waals surface area contributed by atoms with Gasteiger partial charge in [0.05, 0.1) is 28.9 Å². The molecule has 0 spiro atoms. The summed E-state index contributed by atoms with van der Waals surface area (Å²) in [5.41, 5.74) is 1.69. The van der Waals surface area contributed by atoms with E-state index in [0.717, 1.165) is 4.70 Å². The van der Waals surface area contributed by atoms with E-state index in [1.165, 1.54) is 16.2 Å². The number of amides is 1. The zero-order valence-electron chi connectivity index (χ0n) is 19.1. The molecule has 3 aromatic carbocycles. The van der Waals surface area contributed by atoms with Crippen molar-refractivity contribution in [1.82, 2.24) is 4.98 Å². The molecule has 6 rings (SSSR count). The van der Waals surface area contributed by atoms with Crippen molar-refractivity contribution in [2.45, 2.75) is 6.04 Å². The molecule has 0 saturated carbocycles. The van der Waals surface area contributed by atoms with Crippen LogP contribution in [0, 0.1) is 0 Å². The highest BCUT2D eigenvalue weighted by Gasteiger charge is 2.48. The number of hydrogen-bond acceptors (Lipinski definition) is 8. The molecule has 1 atom stereocenters. The van der Waals surface area contributed by atoms with E-state index in [1.807, 2.05) is 36.4 Å². The SMILES string of the molecule is COc1ccc2nc(N3C(=O)C(=O)C(=C(O)c4ccc5c(c4)OCCO5)[C@H]3c3ccccc3)sc2c1. The lowest BCUT2D eigenvalue weighted by molar-refractivity contribution is -0.132. The van der Waals surface area contributed by atoms with Gasteiger partial charge < -0.3 is 19.3 Å². The third-order valence-electron chi connectivity index (χ3n) is 6.17. The molecule has 3 heterocycles. The third-order valence-corrected chi connectivity index (χ3v) is 7.18. The highest BCUT2D eigenvalue weighted by atomic mass is 32.1. The highest BCUT2D eigenvalue weighted by molar-refractivity contribution is 7.22. The number of Topliss-reactive ketones (excluding diaryl/α,β-unsaturated/α-hetero) is 1. The van der Waals surface area contributed by atoms with Crippen molar-refractivity contribution in [1.29, 1.82) is 0 Å². The first-order chi connectivity index (χ1) is 17.5. The van der Waals surface area contributed by atoms with Gasteiger partial charge in [0, 0.05) is 5.56 Å². The summed E-state index contributed by atoms with van der Waals surface area (Å²) in [6.45, 7) is 0.819. The minimum Gasteiger partial charge on any atom is -0.507 e. The van der Waals surface area contributed by atoms with Crippen LogP contribution in [0.5, 0.6) is 17.2 Å². The van der Waals surface area contributed by atoms with Gasteiger partial charge in [0.25, 0.3) is 5.78 Å². The molecule has 180 valence electrons. The van der Waals surface area contributed by atoms with Crippen molar-refractivity contribution in [3.63, 3.8) is 0 Å². The number of aliphatic hydroxyl groups is 1. The number of thiazole rings is 1. The Labute approximate surface area is 210 Å². The van der Waals surface area contributed by atoms with E-state index < -0.39 is 17.7 Å². The zero-order chi connectivity index (χ0) is 24.8. The van der Waals surface area contributed by atoms with Gasteiger partial charge in [-0.25, -0.2) is 4.98 Å². The van der Waals surface area contributed by atoms with Gasteiger partial charge in [0.2, 0.25) is 0 Å². The minimum absolute atomic E-state index is 0.0142. The number of hydrogen-bond donors (Lipinski definition) is 1. The molecule has 1 aromatic heterocycles. The fraction of sp³-hybridized carbons (Fsp3) is 0.148. The molecule has 0 bridgehead atoms. The average Bonchev–Trinajstić information content (AvgIpc) is 3.46. The summed E-state index contributed by atoms with van der Waals surface area (Å²) < 4.78 is 17.3. The number of anilines is 1. The van der Waals surface area contributed by atoms with E-state index in [0.29, 0.717) is 52.2 Å². The van der Waals surface area contributed by atoms with Crippen LogP contribution in [0.25, 0.3) is 16.0 Å². The van der Waals surface area contributed by atoms with Crippen LogP contribution >= 0.6 is 11.3 Å². The van der Waals surface area contributed by atoms with Crippen molar-refractivity contribution in [2.75, 3.05) is 25.2 Å². The topological polar surface area (TPSA) is 98.2 Å². The van der Waals surface area contributed by atoms with Crippen molar-refractivity contribution in [3.05, 3.63) is 83.4 Å². The molecule has 9 heteroatoms. The van der Waals surface area contributed by atoms with Crippen molar-refractivity contribution in [2.24, 2.45) is 0 Å². The van der Waals surface area contributed by atoms with E-state index in [1.54, 1.807) is 37.4 Å². The van der Waals surface area contributed by atoms with Crippen LogP contribution in [0.3, 0.4) is 0 Å². The van der Waals surface area contributed by atoms with Gasteiger partial charge in [0.15, 0.2) is 16.6 Å². The van der Waals surface area contributed by atoms with Gasteiger partial charge in [-0.2, -0.15) is 0 Å². The Morgan fingerprint density at radius 1 is 1.03 bits per heavy atom. The number of carbonyl (C=O) groups is 2. The van der Waals surface area contributed by atoms with Crippen LogP contribution < -0.4 is 19.1 Å². The van der Waals surface area contributed by atoms with E-state index in [2.05, 4.69) is 4.98 Å². The quantitative estimate of drug-likeness (QED) is 0.246. The number of benzene rings is 3. The van der Waals surface area contributed by atoms with Crippen LogP contribution in [0.15, 0.2) is 72.3 Å². The number of rotatable bonds is 4. The molecule has 0 unspecified atom stereocenters. The summed E-state index contributed by atoms with van der Waals surface area (Å²) in [6, 6.07) is 18.6. The fourth-order valence-electron chi connectivity index (χ4n) is 4.45. The number of aromatic nitrogens is 1. The predicted molar refractivity (Wildman–Crippen MR) is 135 cm³/mol. The smallest absolute Gasteiger partial charge is 0.301 e. The molecule has 1 saturated heterocycles. The maximum absolute atomic E-state index is 13.4. The Morgan fingerprint density at radius 2 is 1.81 bits per heavy atom. The molecular weight excluding hydrogens is 480 g/mol. The molecule has 1 N–H and O–H groups in total. The minimum atomic E-state index is -0.859. The predicted octanol–water partition coefficient (Wildman–Crippen LogP) is 4.70. The first kappa shape index (κ1) is 22.1. The van der Waals surface area contributed by atoms with Gasteiger partial charge in [-0.3, -0.25) is 14.5 Å². The van der Waals surface area contributed by atoms with Gasteiger partial charge in [-0.15, -0.1) is 0 Å². The van der Waals surface area contributed by atoms with Crippen LogP contribution in [0.4, 0.5) is 5.13 Å². The van der Waals surface area contributed by atoms with Crippen molar-refractivity contribution < 1.29 is 28.9 Å². The summed E-state index contributed by atoms with van der Waals surface area (Å²) in [5, 5.41) is 11.7. The molecule has 2 aliphatic heterocycles. The summed E-state index contributed by atoms with van der Waals surface area (Å²) >= 11 is 1.28. The first-order valence-electron chi connectivity index (χ1n) is 11.3. The summed E-state index contributed by atoms with van der Waals surface area (Å²) in [4.78, 5) is 32.8.